The van der Waals surface area contributed by atoms with Gasteiger partial charge in [-0.25, -0.2) is 0 Å². The zero-order valence-corrected chi connectivity index (χ0v) is 9.49. The van der Waals surface area contributed by atoms with Gasteiger partial charge in [0.15, 0.2) is 0 Å². The molecule has 0 aromatic heterocycles. The van der Waals surface area contributed by atoms with E-state index < -0.39 is 5.51 Å². The molecule has 1 aromatic rings. The van der Waals surface area contributed by atoms with E-state index in [1.807, 2.05) is 0 Å². The Kier molecular flexibility index (Phi) is 4.35. The van der Waals surface area contributed by atoms with Crippen LogP contribution in [0, 0.1) is 6.92 Å². The Morgan fingerprint density at radius 2 is 2.06 bits per heavy atom. The lowest BCUT2D eigenvalue weighted by atomic mass is 10.2. The van der Waals surface area contributed by atoms with Crippen LogP contribution in [-0.4, -0.2) is 17.9 Å². The summed E-state index contributed by atoms with van der Waals surface area (Å²) in [6, 6.07) is 5.21. The van der Waals surface area contributed by atoms with Gasteiger partial charge in [0.05, 0.1) is 12.3 Å². The summed E-state index contributed by atoms with van der Waals surface area (Å²) in [6.07, 6.45) is 0. The summed E-state index contributed by atoms with van der Waals surface area (Å²) < 4.78 is 40.7. The summed E-state index contributed by atoms with van der Waals surface area (Å²) in [6.45, 7) is 1.78. The van der Waals surface area contributed by atoms with Crippen LogP contribution in [0.3, 0.4) is 0 Å². The number of hydrogen-bond acceptors (Lipinski definition) is 3. The molecular weight excluding hydrogens is 239 g/mol. The summed E-state index contributed by atoms with van der Waals surface area (Å²) in [5, 5.41) is 0. The lowest BCUT2D eigenvalue weighted by Gasteiger charge is -2.11. The molecule has 0 aliphatic heterocycles. The normalized spacial score (nSPS) is 11.5. The zero-order valence-electron chi connectivity index (χ0n) is 8.67. The van der Waals surface area contributed by atoms with Crippen LogP contribution >= 0.6 is 11.8 Å². The minimum atomic E-state index is -4.21. The van der Waals surface area contributed by atoms with E-state index in [1.165, 1.54) is 0 Å². The first-order valence-corrected chi connectivity index (χ1v) is 5.57. The highest BCUT2D eigenvalue weighted by atomic mass is 32.2. The highest BCUT2D eigenvalue weighted by Crippen LogP contribution is 2.30. The minimum Gasteiger partial charge on any atom is -0.490 e. The van der Waals surface area contributed by atoms with Crippen molar-refractivity contribution in [1.29, 1.82) is 0 Å². The van der Waals surface area contributed by atoms with Gasteiger partial charge >= 0.3 is 5.51 Å². The smallest absolute Gasteiger partial charge is 0.441 e. The highest BCUT2D eigenvalue weighted by Gasteiger charge is 2.27. The molecule has 0 saturated carbocycles. The predicted molar refractivity (Wildman–Crippen MR) is 59.6 cm³/mol. The summed E-state index contributed by atoms with van der Waals surface area (Å²) in [5.41, 5.74) is 2.69. The number of para-hydroxylation sites is 1. The van der Waals surface area contributed by atoms with E-state index in [2.05, 4.69) is 0 Å². The molecule has 2 N–H and O–H groups in total. The average molecular weight is 251 g/mol. The third-order valence-electron chi connectivity index (χ3n) is 1.84. The maximum Gasteiger partial charge on any atom is 0.441 e. The molecule has 0 aliphatic rings. The van der Waals surface area contributed by atoms with Gasteiger partial charge in [0.2, 0.25) is 0 Å². The zero-order chi connectivity index (χ0) is 12.2. The Hall–Kier alpha value is -1.04. The van der Waals surface area contributed by atoms with Crippen LogP contribution in [0.2, 0.25) is 0 Å². The van der Waals surface area contributed by atoms with Crippen molar-refractivity contribution < 1.29 is 17.9 Å². The third-order valence-corrected chi connectivity index (χ3v) is 2.54. The van der Waals surface area contributed by atoms with Gasteiger partial charge in [-0.05, 0) is 30.3 Å². The van der Waals surface area contributed by atoms with Crippen molar-refractivity contribution in [2.45, 2.75) is 12.4 Å². The number of nitrogen functional groups attached to an aromatic ring is 1. The maximum absolute atomic E-state index is 11.8. The fraction of sp³-hybridized carbons (Fsp3) is 0.400. The van der Waals surface area contributed by atoms with Crippen molar-refractivity contribution in [1.82, 2.24) is 0 Å². The standard InChI is InChI=1S/C10H12F3NOS/c1-7-3-2-4-8(14)9(7)15-5-6-16-10(11,12)13/h2-4H,5-6,14H2,1H3. The van der Waals surface area contributed by atoms with E-state index in [0.29, 0.717) is 11.4 Å². The van der Waals surface area contributed by atoms with E-state index in [-0.39, 0.29) is 24.1 Å². The van der Waals surface area contributed by atoms with Gasteiger partial charge in [0.25, 0.3) is 0 Å². The van der Waals surface area contributed by atoms with Gasteiger partial charge in [-0.3, -0.25) is 0 Å². The number of rotatable bonds is 4. The van der Waals surface area contributed by atoms with Crippen LogP contribution < -0.4 is 10.5 Å². The molecule has 2 nitrogen and oxygen atoms in total. The van der Waals surface area contributed by atoms with Gasteiger partial charge in [-0.2, -0.15) is 13.2 Å². The molecule has 0 radical (unpaired) electrons. The predicted octanol–water partition coefficient (Wildman–Crippen LogP) is 3.21. The van der Waals surface area contributed by atoms with Crippen LogP contribution in [0.5, 0.6) is 5.75 Å². The molecule has 0 bridgehead atoms. The van der Waals surface area contributed by atoms with Crippen LogP contribution in [-0.2, 0) is 0 Å². The number of ether oxygens (including phenoxy) is 1. The molecule has 16 heavy (non-hydrogen) atoms. The van der Waals surface area contributed by atoms with Crippen LogP contribution in [0.1, 0.15) is 5.56 Å². The monoisotopic (exact) mass is 251 g/mol. The van der Waals surface area contributed by atoms with Crippen molar-refractivity contribution in [2.24, 2.45) is 0 Å². The molecule has 0 amide bonds. The van der Waals surface area contributed by atoms with Crippen molar-refractivity contribution in [3.63, 3.8) is 0 Å². The Labute approximate surface area is 96.0 Å². The Balaban J connectivity index is 2.43. The number of aryl methyl sites for hydroxylation is 1. The lowest BCUT2D eigenvalue weighted by Crippen LogP contribution is -2.08. The molecule has 0 fully saturated rings. The van der Waals surface area contributed by atoms with Gasteiger partial charge in [0, 0.05) is 5.75 Å². The summed E-state index contributed by atoms with van der Waals surface area (Å²) in [7, 11) is 0. The van der Waals surface area contributed by atoms with Gasteiger partial charge in [0.1, 0.15) is 5.75 Å². The number of halogens is 3. The lowest BCUT2D eigenvalue weighted by molar-refractivity contribution is -0.0329. The van der Waals surface area contributed by atoms with Gasteiger partial charge in [-0.15, -0.1) is 0 Å². The molecule has 0 saturated heterocycles. The van der Waals surface area contributed by atoms with Crippen molar-refractivity contribution in [3.05, 3.63) is 23.8 Å². The Morgan fingerprint density at radius 3 is 2.62 bits per heavy atom. The summed E-state index contributed by atoms with van der Waals surface area (Å²) in [4.78, 5) is 0. The first kappa shape index (κ1) is 13.0. The van der Waals surface area contributed by atoms with Crippen molar-refractivity contribution >= 4 is 17.4 Å². The van der Waals surface area contributed by atoms with E-state index in [0.717, 1.165) is 5.56 Å². The van der Waals surface area contributed by atoms with Crippen molar-refractivity contribution in [3.8, 4) is 5.75 Å². The second kappa shape index (κ2) is 5.34. The van der Waals surface area contributed by atoms with Crippen LogP contribution in [0.25, 0.3) is 0 Å². The second-order valence-corrected chi connectivity index (χ2v) is 4.30. The molecule has 0 spiro atoms. The number of thioether (sulfide) groups is 1. The number of nitrogens with two attached hydrogens (primary N) is 1. The number of benzene rings is 1. The minimum absolute atomic E-state index is 0.0147. The Morgan fingerprint density at radius 1 is 1.38 bits per heavy atom. The fourth-order valence-corrected chi connectivity index (χ4v) is 1.57. The van der Waals surface area contributed by atoms with Crippen molar-refractivity contribution in [2.75, 3.05) is 18.1 Å². The van der Waals surface area contributed by atoms with Crippen LogP contribution in [0.15, 0.2) is 18.2 Å². The Bertz CT molecular complexity index is 334. The molecule has 1 aromatic carbocycles. The number of hydrogen-bond donors (Lipinski definition) is 1. The van der Waals surface area contributed by atoms with Gasteiger partial charge in [-0.1, -0.05) is 12.1 Å². The molecule has 0 aliphatic carbocycles. The van der Waals surface area contributed by atoms with E-state index in [4.69, 9.17) is 10.5 Å². The highest BCUT2D eigenvalue weighted by molar-refractivity contribution is 8.00. The SMILES string of the molecule is Cc1cccc(N)c1OCCSC(F)(F)F. The third kappa shape index (κ3) is 4.22. The fourth-order valence-electron chi connectivity index (χ4n) is 1.17. The van der Waals surface area contributed by atoms with Crippen LogP contribution in [0.4, 0.5) is 18.9 Å². The number of anilines is 1. The van der Waals surface area contributed by atoms with E-state index in [1.54, 1.807) is 25.1 Å². The van der Waals surface area contributed by atoms with E-state index in [9.17, 15) is 13.2 Å². The topological polar surface area (TPSA) is 35.2 Å². The molecule has 90 valence electrons. The first-order chi connectivity index (χ1) is 7.40. The number of alkyl halides is 3. The maximum atomic E-state index is 11.8. The quantitative estimate of drug-likeness (QED) is 0.659. The molecule has 1 rings (SSSR count). The largest absolute Gasteiger partial charge is 0.490 e. The molecule has 0 heterocycles. The molecule has 0 unspecified atom stereocenters. The average Bonchev–Trinajstić information content (AvgIpc) is 2.14. The first-order valence-electron chi connectivity index (χ1n) is 4.59. The second-order valence-electron chi connectivity index (χ2n) is 3.14. The van der Waals surface area contributed by atoms with Gasteiger partial charge < -0.3 is 10.5 Å². The molecular formula is C10H12F3NOS. The summed E-state index contributed by atoms with van der Waals surface area (Å²) in [5.74, 6) is 0.322. The summed E-state index contributed by atoms with van der Waals surface area (Å²) >= 11 is -0.101. The molecule has 6 heteroatoms. The van der Waals surface area contributed by atoms with E-state index >= 15 is 0 Å². The molecule has 0 atom stereocenters.